The lowest BCUT2D eigenvalue weighted by Crippen LogP contribution is -2.30. The number of hydrogen-bond acceptors (Lipinski definition) is 5. The zero-order valence-electron chi connectivity index (χ0n) is 14.1. The lowest BCUT2D eigenvalue weighted by atomic mass is 10.0. The molecule has 2 aromatic rings. The molecule has 1 saturated heterocycles. The van der Waals surface area contributed by atoms with Crippen LogP contribution >= 0.6 is 23.5 Å². The minimum absolute atomic E-state index is 0.102. The number of carbonyl (C=O) groups excluding carboxylic acids is 1. The summed E-state index contributed by atoms with van der Waals surface area (Å²) >= 11 is 3.21. The SMILES string of the molecule is C1COCCN1.CSc1ccccc1C(=O)c1ccccc1SC. The maximum Gasteiger partial charge on any atom is 0.195 e. The first kappa shape index (κ1) is 19.1. The van der Waals surface area contributed by atoms with E-state index in [0.29, 0.717) is 0 Å². The highest BCUT2D eigenvalue weighted by Gasteiger charge is 2.15. The molecule has 0 saturated carbocycles. The van der Waals surface area contributed by atoms with Crippen LogP contribution in [-0.4, -0.2) is 44.6 Å². The molecule has 1 fully saturated rings. The van der Waals surface area contributed by atoms with Gasteiger partial charge in [0, 0.05) is 34.0 Å². The van der Waals surface area contributed by atoms with E-state index >= 15 is 0 Å². The van der Waals surface area contributed by atoms with E-state index in [1.54, 1.807) is 23.5 Å². The van der Waals surface area contributed by atoms with Crippen LogP contribution in [0.3, 0.4) is 0 Å². The van der Waals surface area contributed by atoms with Crippen LogP contribution in [0.1, 0.15) is 15.9 Å². The largest absolute Gasteiger partial charge is 0.379 e. The van der Waals surface area contributed by atoms with Gasteiger partial charge in [-0.1, -0.05) is 24.3 Å². The molecule has 0 aliphatic carbocycles. The van der Waals surface area contributed by atoms with Gasteiger partial charge in [-0.15, -0.1) is 23.5 Å². The van der Waals surface area contributed by atoms with E-state index in [4.69, 9.17) is 4.74 Å². The highest BCUT2D eigenvalue weighted by molar-refractivity contribution is 7.99. The molecule has 1 N–H and O–H groups in total. The summed E-state index contributed by atoms with van der Waals surface area (Å²) in [6.07, 6.45) is 3.99. The van der Waals surface area contributed by atoms with Crippen molar-refractivity contribution in [3.8, 4) is 0 Å². The Bertz CT molecular complexity index is 596. The molecule has 128 valence electrons. The lowest BCUT2D eigenvalue weighted by molar-refractivity contribution is 0.103. The first-order chi connectivity index (χ1) is 11.8. The Kier molecular flexibility index (Phi) is 8.39. The molecule has 0 radical (unpaired) electrons. The van der Waals surface area contributed by atoms with E-state index in [0.717, 1.165) is 47.2 Å². The Morgan fingerprint density at radius 1 is 0.875 bits per heavy atom. The van der Waals surface area contributed by atoms with Crippen molar-refractivity contribution in [3.05, 3.63) is 59.7 Å². The Hall–Kier alpha value is -1.27. The third-order valence-corrected chi connectivity index (χ3v) is 5.14. The maximum atomic E-state index is 12.6. The van der Waals surface area contributed by atoms with Crippen LogP contribution in [0.4, 0.5) is 0 Å². The van der Waals surface area contributed by atoms with Gasteiger partial charge in [-0.2, -0.15) is 0 Å². The van der Waals surface area contributed by atoms with Crippen molar-refractivity contribution in [2.24, 2.45) is 0 Å². The molecule has 0 bridgehead atoms. The molecular formula is C19H23NO2S2. The minimum atomic E-state index is 0.102. The van der Waals surface area contributed by atoms with E-state index in [1.165, 1.54) is 0 Å². The second kappa shape index (κ2) is 10.6. The van der Waals surface area contributed by atoms with Crippen molar-refractivity contribution >= 4 is 29.3 Å². The van der Waals surface area contributed by atoms with E-state index in [2.05, 4.69) is 5.32 Å². The number of benzene rings is 2. The zero-order chi connectivity index (χ0) is 17.2. The minimum Gasteiger partial charge on any atom is -0.379 e. The number of nitrogens with one attached hydrogen (secondary N) is 1. The normalized spacial score (nSPS) is 13.8. The summed E-state index contributed by atoms with van der Waals surface area (Å²) in [5.41, 5.74) is 1.57. The standard InChI is InChI=1S/C15H14OS2.C4H9NO/c1-17-13-9-5-3-7-11(13)15(16)12-8-4-6-10-14(12)18-2;1-3-6-4-2-5-1/h3-10H,1-2H3;5H,1-4H2. The van der Waals surface area contributed by atoms with Crippen molar-refractivity contribution in [1.29, 1.82) is 0 Å². The summed E-state index contributed by atoms with van der Waals surface area (Å²) in [5, 5.41) is 3.16. The Morgan fingerprint density at radius 2 is 1.33 bits per heavy atom. The van der Waals surface area contributed by atoms with E-state index in [1.807, 2.05) is 61.0 Å². The number of rotatable bonds is 4. The highest BCUT2D eigenvalue weighted by Crippen LogP contribution is 2.27. The van der Waals surface area contributed by atoms with Gasteiger partial charge in [0.2, 0.25) is 0 Å². The van der Waals surface area contributed by atoms with Crippen LogP contribution in [0.15, 0.2) is 58.3 Å². The maximum absolute atomic E-state index is 12.6. The fourth-order valence-corrected chi connectivity index (χ4v) is 3.52. The summed E-state index contributed by atoms with van der Waals surface area (Å²) < 4.78 is 5.01. The van der Waals surface area contributed by atoms with Gasteiger partial charge in [-0.25, -0.2) is 0 Å². The van der Waals surface area contributed by atoms with Gasteiger partial charge in [0.05, 0.1) is 13.2 Å². The molecule has 1 aliphatic rings. The summed E-state index contributed by atoms with van der Waals surface area (Å²) in [7, 11) is 0. The molecule has 2 aromatic carbocycles. The third kappa shape index (κ3) is 5.38. The molecule has 24 heavy (non-hydrogen) atoms. The molecule has 3 nitrogen and oxygen atoms in total. The van der Waals surface area contributed by atoms with Crippen LogP contribution in [0, 0.1) is 0 Å². The molecule has 1 aliphatic heterocycles. The van der Waals surface area contributed by atoms with Crippen molar-refractivity contribution in [2.75, 3.05) is 38.8 Å². The molecule has 5 heteroatoms. The van der Waals surface area contributed by atoms with Crippen LogP contribution in [0.5, 0.6) is 0 Å². The molecule has 1 heterocycles. The second-order valence-electron chi connectivity index (χ2n) is 5.09. The number of morpholine rings is 1. The smallest absolute Gasteiger partial charge is 0.195 e. The average Bonchev–Trinajstić information content (AvgIpc) is 2.69. The molecule has 0 spiro atoms. The van der Waals surface area contributed by atoms with Gasteiger partial charge in [0.1, 0.15) is 0 Å². The van der Waals surface area contributed by atoms with Gasteiger partial charge in [-0.3, -0.25) is 4.79 Å². The van der Waals surface area contributed by atoms with Crippen LogP contribution < -0.4 is 5.32 Å². The van der Waals surface area contributed by atoms with Gasteiger partial charge in [0.15, 0.2) is 5.78 Å². The predicted molar refractivity (Wildman–Crippen MR) is 104 cm³/mol. The molecule has 0 amide bonds. The lowest BCUT2D eigenvalue weighted by Gasteiger charge is -2.10. The molecule has 3 rings (SSSR count). The first-order valence-corrected chi connectivity index (χ1v) is 10.3. The van der Waals surface area contributed by atoms with Crippen LogP contribution in [-0.2, 0) is 4.74 Å². The van der Waals surface area contributed by atoms with Crippen molar-refractivity contribution in [2.45, 2.75) is 9.79 Å². The number of ether oxygens (including phenoxy) is 1. The van der Waals surface area contributed by atoms with Gasteiger partial charge >= 0.3 is 0 Å². The molecule has 0 unspecified atom stereocenters. The average molecular weight is 362 g/mol. The topological polar surface area (TPSA) is 38.3 Å². The van der Waals surface area contributed by atoms with E-state index in [-0.39, 0.29) is 5.78 Å². The monoisotopic (exact) mass is 361 g/mol. The van der Waals surface area contributed by atoms with Crippen LogP contribution in [0.2, 0.25) is 0 Å². The summed E-state index contributed by atoms with van der Waals surface area (Å²) in [6.45, 7) is 3.83. The van der Waals surface area contributed by atoms with E-state index < -0.39 is 0 Å². The predicted octanol–water partition coefficient (Wildman–Crippen LogP) is 3.97. The zero-order valence-corrected chi connectivity index (χ0v) is 15.7. The van der Waals surface area contributed by atoms with Crippen molar-refractivity contribution in [1.82, 2.24) is 5.32 Å². The van der Waals surface area contributed by atoms with Crippen molar-refractivity contribution in [3.63, 3.8) is 0 Å². The quantitative estimate of drug-likeness (QED) is 0.659. The van der Waals surface area contributed by atoms with Gasteiger partial charge < -0.3 is 10.1 Å². The Morgan fingerprint density at radius 3 is 1.67 bits per heavy atom. The molecular weight excluding hydrogens is 338 g/mol. The van der Waals surface area contributed by atoms with E-state index in [9.17, 15) is 4.79 Å². The molecule has 0 atom stereocenters. The van der Waals surface area contributed by atoms with Gasteiger partial charge in [0.25, 0.3) is 0 Å². The number of ketones is 1. The highest BCUT2D eigenvalue weighted by atomic mass is 32.2. The Labute approximate surface area is 152 Å². The Balaban J connectivity index is 0.000000292. The number of carbonyl (C=O) groups is 1. The van der Waals surface area contributed by atoms with Crippen LogP contribution in [0.25, 0.3) is 0 Å². The first-order valence-electron chi connectivity index (χ1n) is 7.87. The fourth-order valence-electron chi connectivity index (χ4n) is 2.33. The summed E-state index contributed by atoms with van der Waals surface area (Å²) in [5.74, 6) is 0.102. The van der Waals surface area contributed by atoms with Crippen molar-refractivity contribution < 1.29 is 9.53 Å². The third-order valence-electron chi connectivity index (χ3n) is 3.55. The number of hydrogen-bond donors (Lipinski definition) is 1. The number of thioether (sulfide) groups is 2. The second-order valence-corrected chi connectivity index (χ2v) is 6.79. The summed E-state index contributed by atoms with van der Waals surface area (Å²) in [4.78, 5) is 14.6. The fraction of sp³-hybridized carbons (Fsp3) is 0.316. The van der Waals surface area contributed by atoms with Gasteiger partial charge in [-0.05, 0) is 36.8 Å². The molecule has 0 aromatic heterocycles. The summed E-state index contributed by atoms with van der Waals surface area (Å²) in [6, 6.07) is 15.5.